The highest BCUT2D eigenvalue weighted by Gasteiger charge is 2.04. The van der Waals surface area contributed by atoms with Crippen molar-refractivity contribution < 1.29 is 8.78 Å². The summed E-state index contributed by atoms with van der Waals surface area (Å²) >= 11 is 5.59. The average molecular weight is 241 g/mol. The van der Waals surface area contributed by atoms with Crippen LogP contribution in [0.4, 0.5) is 20.3 Å². The Labute approximate surface area is 95.9 Å². The molecule has 0 atom stereocenters. The Morgan fingerprint density at radius 3 is 2.62 bits per heavy atom. The maximum absolute atomic E-state index is 13.2. The predicted octanol–water partition coefficient (Wildman–Crippen LogP) is 3.76. The first kappa shape index (κ1) is 10.8. The molecular weight excluding hydrogens is 234 g/mol. The molecule has 0 aliphatic rings. The van der Waals surface area contributed by atoms with Gasteiger partial charge in [-0.1, -0.05) is 11.6 Å². The van der Waals surface area contributed by atoms with Crippen molar-refractivity contribution in [3.8, 4) is 0 Å². The number of benzene rings is 1. The fourth-order valence-electron chi connectivity index (χ4n) is 1.19. The zero-order valence-corrected chi connectivity index (χ0v) is 8.80. The van der Waals surface area contributed by atoms with Crippen LogP contribution in [0.15, 0.2) is 36.5 Å². The number of nitrogens with zero attached hydrogens (tertiary/aromatic N) is 1. The molecule has 0 bridgehead atoms. The van der Waals surface area contributed by atoms with Crippen LogP contribution < -0.4 is 5.32 Å². The highest BCUT2D eigenvalue weighted by atomic mass is 35.5. The Morgan fingerprint density at radius 2 is 1.94 bits per heavy atom. The molecule has 0 radical (unpaired) electrons. The van der Waals surface area contributed by atoms with E-state index in [1.165, 1.54) is 36.5 Å². The molecule has 0 aliphatic carbocycles. The molecule has 1 aromatic heterocycles. The molecule has 2 nitrogen and oxygen atoms in total. The van der Waals surface area contributed by atoms with Gasteiger partial charge in [0.15, 0.2) is 11.6 Å². The molecule has 82 valence electrons. The Bertz CT molecular complexity index is 517. The van der Waals surface area contributed by atoms with Crippen LogP contribution in [-0.2, 0) is 0 Å². The van der Waals surface area contributed by atoms with Gasteiger partial charge < -0.3 is 5.32 Å². The molecule has 0 aliphatic heterocycles. The van der Waals surface area contributed by atoms with Crippen molar-refractivity contribution >= 4 is 23.1 Å². The second-order valence-electron chi connectivity index (χ2n) is 3.09. The minimum atomic E-state index is -0.520. The number of anilines is 2. The highest BCUT2D eigenvalue weighted by molar-refractivity contribution is 6.31. The van der Waals surface area contributed by atoms with Crippen molar-refractivity contribution in [2.45, 2.75) is 0 Å². The van der Waals surface area contributed by atoms with Gasteiger partial charge in [-0.05, 0) is 30.3 Å². The third-order valence-corrected chi connectivity index (χ3v) is 2.23. The standard InChI is InChI=1S/C11H7ClF2N2/c12-8-6-7(3-4-9(8)13)16-11-10(14)2-1-5-15-11/h1-6H,(H,15,16). The van der Waals surface area contributed by atoms with E-state index in [2.05, 4.69) is 10.3 Å². The summed E-state index contributed by atoms with van der Waals surface area (Å²) in [4.78, 5) is 3.80. The molecule has 1 N–H and O–H groups in total. The van der Waals surface area contributed by atoms with Gasteiger partial charge in [-0.25, -0.2) is 13.8 Å². The topological polar surface area (TPSA) is 24.9 Å². The van der Waals surface area contributed by atoms with Crippen LogP contribution in [0.1, 0.15) is 0 Å². The smallest absolute Gasteiger partial charge is 0.166 e. The van der Waals surface area contributed by atoms with Crippen LogP contribution in [-0.4, -0.2) is 4.98 Å². The Morgan fingerprint density at radius 1 is 1.12 bits per heavy atom. The van der Waals surface area contributed by atoms with Gasteiger partial charge in [0, 0.05) is 11.9 Å². The van der Waals surface area contributed by atoms with Crippen molar-refractivity contribution in [1.82, 2.24) is 4.98 Å². The molecule has 0 saturated carbocycles. The van der Waals surface area contributed by atoms with E-state index in [0.29, 0.717) is 5.69 Å². The summed E-state index contributed by atoms with van der Waals surface area (Å²) in [5.41, 5.74) is 0.476. The number of aromatic nitrogens is 1. The summed E-state index contributed by atoms with van der Waals surface area (Å²) in [6.07, 6.45) is 1.45. The van der Waals surface area contributed by atoms with Crippen LogP contribution in [0, 0.1) is 11.6 Å². The van der Waals surface area contributed by atoms with E-state index in [4.69, 9.17) is 11.6 Å². The number of rotatable bonds is 2. The fourth-order valence-corrected chi connectivity index (χ4v) is 1.37. The molecule has 0 spiro atoms. The van der Waals surface area contributed by atoms with Crippen molar-refractivity contribution in [2.75, 3.05) is 5.32 Å². The van der Waals surface area contributed by atoms with Crippen LogP contribution in [0.5, 0.6) is 0 Å². The minimum Gasteiger partial charge on any atom is -0.338 e. The lowest BCUT2D eigenvalue weighted by atomic mass is 10.3. The van der Waals surface area contributed by atoms with Gasteiger partial charge in [0.25, 0.3) is 0 Å². The molecule has 1 heterocycles. The number of nitrogens with one attached hydrogen (secondary N) is 1. The predicted molar refractivity (Wildman–Crippen MR) is 58.9 cm³/mol. The van der Waals surface area contributed by atoms with Crippen LogP contribution >= 0.6 is 11.6 Å². The van der Waals surface area contributed by atoms with Gasteiger partial charge >= 0.3 is 0 Å². The second kappa shape index (κ2) is 4.45. The number of pyridine rings is 1. The molecule has 5 heteroatoms. The number of halogens is 3. The van der Waals surface area contributed by atoms with Crippen molar-refractivity contribution in [3.05, 3.63) is 53.2 Å². The van der Waals surface area contributed by atoms with Gasteiger partial charge in [-0.2, -0.15) is 0 Å². The maximum Gasteiger partial charge on any atom is 0.166 e. The summed E-state index contributed by atoms with van der Waals surface area (Å²) in [5.74, 6) is -0.929. The lowest BCUT2D eigenvalue weighted by molar-refractivity contribution is 0.626. The number of hydrogen-bond acceptors (Lipinski definition) is 2. The lowest BCUT2D eigenvalue weighted by Gasteiger charge is -2.06. The molecule has 0 fully saturated rings. The zero-order chi connectivity index (χ0) is 11.5. The fraction of sp³-hybridized carbons (Fsp3) is 0. The molecular formula is C11H7ClF2N2. The Kier molecular flexibility index (Phi) is 3.01. The van der Waals surface area contributed by atoms with E-state index in [-0.39, 0.29) is 10.8 Å². The molecule has 16 heavy (non-hydrogen) atoms. The van der Waals surface area contributed by atoms with Crippen molar-refractivity contribution in [3.63, 3.8) is 0 Å². The van der Waals surface area contributed by atoms with Gasteiger partial charge in [0.05, 0.1) is 5.02 Å². The first-order valence-corrected chi connectivity index (χ1v) is 4.87. The van der Waals surface area contributed by atoms with Gasteiger partial charge in [-0.15, -0.1) is 0 Å². The Hall–Kier alpha value is -1.68. The zero-order valence-electron chi connectivity index (χ0n) is 8.05. The molecule has 0 saturated heterocycles. The maximum atomic E-state index is 13.2. The lowest BCUT2D eigenvalue weighted by Crippen LogP contribution is -1.96. The van der Waals surface area contributed by atoms with E-state index in [1.54, 1.807) is 0 Å². The first-order valence-electron chi connectivity index (χ1n) is 4.49. The second-order valence-corrected chi connectivity index (χ2v) is 3.49. The highest BCUT2D eigenvalue weighted by Crippen LogP contribution is 2.22. The molecule has 0 unspecified atom stereocenters. The van der Waals surface area contributed by atoms with Crippen LogP contribution in [0.25, 0.3) is 0 Å². The summed E-state index contributed by atoms with van der Waals surface area (Å²) < 4.78 is 26.1. The summed E-state index contributed by atoms with van der Waals surface area (Å²) in [7, 11) is 0. The van der Waals surface area contributed by atoms with Gasteiger partial charge in [0.1, 0.15) is 5.82 Å². The largest absolute Gasteiger partial charge is 0.338 e. The normalized spacial score (nSPS) is 10.2. The third kappa shape index (κ3) is 2.28. The molecule has 1 aromatic carbocycles. The van der Waals surface area contributed by atoms with Gasteiger partial charge in [0.2, 0.25) is 0 Å². The summed E-state index contributed by atoms with van der Waals surface area (Å²) in [6, 6.07) is 6.78. The van der Waals surface area contributed by atoms with Crippen molar-refractivity contribution in [1.29, 1.82) is 0 Å². The van der Waals surface area contributed by atoms with Gasteiger partial charge in [-0.3, -0.25) is 0 Å². The monoisotopic (exact) mass is 240 g/mol. The van der Waals surface area contributed by atoms with Crippen LogP contribution in [0.3, 0.4) is 0 Å². The first-order chi connectivity index (χ1) is 7.66. The average Bonchev–Trinajstić information content (AvgIpc) is 2.27. The summed E-state index contributed by atoms with van der Waals surface area (Å²) in [6.45, 7) is 0. The number of hydrogen-bond donors (Lipinski definition) is 1. The molecule has 0 amide bonds. The quantitative estimate of drug-likeness (QED) is 0.865. The SMILES string of the molecule is Fc1ccc(Nc2ncccc2F)cc1Cl. The van der Waals surface area contributed by atoms with E-state index >= 15 is 0 Å². The van der Waals surface area contributed by atoms with Crippen LogP contribution in [0.2, 0.25) is 5.02 Å². The summed E-state index contributed by atoms with van der Waals surface area (Å²) in [5, 5.41) is 2.68. The third-order valence-electron chi connectivity index (χ3n) is 1.94. The van der Waals surface area contributed by atoms with E-state index in [0.717, 1.165) is 0 Å². The molecule has 2 rings (SSSR count). The minimum absolute atomic E-state index is 0.0265. The van der Waals surface area contributed by atoms with E-state index in [1.807, 2.05) is 0 Å². The Balaban J connectivity index is 2.28. The van der Waals surface area contributed by atoms with E-state index < -0.39 is 11.6 Å². The van der Waals surface area contributed by atoms with E-state index in [9.17, 15) is 8.78 Å². The molecule has 2 aromatic rings. The van der Waals surface area contributed by atoms with Crippen molar-refractivity contribution in [2.24, 2.45) is 0 Å².